The largest absolute Gasteiger partial charge is 0.490 e. The minimum absolute atomic E-state index is 0.00702. The third-order valence-corrected chi connectivity index (χ3v) is 8.75. The Morgan fingerprint density at radius 1 is 1.02 bits per heavy atom. The zero-order chi connectivity index (χ0) is 33.7. The zero-order valence-corrected chi connectivity index (χ0v) is 26.5. The van der Waals surface area contributed by atoms with E-state index in [9.17, 15) is 9.18 Å². The van der Waals surface area contributed by atoms with Crippen LogP contribution in [0, 0.1) is 17.5 Å². The lowest BCUT2D eigenvalue weighted by Gasteiger charge is -2.33. The molecule has 12 heteroatoms. The monoisotopic (exact) mass is 652 g/mol. The Balaban J connectivity index is 1.55. The average Bonchev–Trinajstić information content (AvgIpc) is 3.68. The topological polar surface area (TPSA) is 87.3 Å². The smallest absolute Gasteiger partial charge is 0.246 e. The fourth-order valence-corrected chi connectivity index (χ4v) is 6.43. The summed E-state index contributed by atoms with van der Waals surface area (Å²) in [6, 6.07) is 13.3. The van der Waals surface area contributed by atoms with E-state index in [-0.39, 0.29) is 53.1 Å². The molecule has 7 rings (SSSR count). The molecule has 0 aliphatic carbocycles. The molecule has 1 aliphatic rings. The summed E-state index contributed by atoms with van der Waals surface area (Å²) in [5.74, 6) is -2.65. The predicted molar refractivity (Wildman–Crippen MR) is 176 cm³/mol. The van der Waals surface area contributed by atoms with Gasteiger partial charge in [-0.2, -0.15) is 5.10 Å². The predicted octanol–water partition coefficient (Wildman–Crippen LogP) is 6.85. The average molecular weight is 653 g/mol. The van der Waals surface area contributed by atoms with Gasteiger partial charge in [0, 0.05) is 49.3 Å². The number of benzene rings is 3. The summed E-state index contributed by atoms with van der Waals surface area (Å²) in [4.78, 5) is 23.8. The van der Waals surface area contributed by atoms with Gasteiger partial charge >= 0.3 is 0 Å². The molecule has 9 nitrogen and oxygen atoms in total. The fraction of sp³-hybridized carbons (Fsp3) is 0.222. The molecule has 3 aromatic carbocycles. The summed E-state index contributed by atoms with van der Waals surface area (Å²) in [6.07, 6.45) is 2.96. The molecule has 48 heavy (non-hydrogen) atoms. The Morgan fingerprint density at radius 2 is 1.85 bits per heavy atom. The second kappa shape index (κ2) is 12.3. The lowest BCUT2D eigenvalue weighted by atomic mass is 9.91. The molecule has 1 atom stereocenters. The maximum atomic E-state index is 16.1. The molecule has 6 aromatic rings. The number of pyridine rings is 1. The van der Waals surface area contributed by atoms with Gasteiger partial charge < -0.3 is 18.9 Å². The minimum atomic E-state index is -0.918. The van der Waals surface area contributed by atoms with Crippen molar-refractivity contribution in [1.82, 2.24) is 29.2 Å². The normalized spacial score (nSPS) is 14.5. The number of hydrogen-bond acceptors (Lipinski definition) is 6. The van der Waals surface area contributed by atoms with Crippen LogP contribution in [0.4, 0.5) is 13.2 Å². The van der Waals surface area contributed by atoms with Gasteiger partial charge in [0.1, 0.15) is 35.5 Å². The van der Waals surface area contributed by atoms with Gasteiger partial charge in [0.2, 0.25) is 5.91 Å². The van der Waals surface area contributed by atoms with Crippen molar-refractivity contribution in [3.63, 3.8) is 0 Å². The van der Waals surface area contributed by atoms with Crippen molar-refractivity contribution in [2.24, 2.45) is 7.05 Å². The van der Waals surface area contributed by atoms with Crippen LogP contribution in [0.25, 0.3) is 55.6 Å². The van der Waals surface area contributed by atoms with Crippen LogP contribution in [0.5, 0.6) is 5.75 Å². The molecule has 244 valence electrons. The van der Waals surface area contributed by atoms with Gasteiger partial charge in [-0.15, -0.1) is 0 Å². The summed E-state index contributed by atoms with van der Waals surface area (Å²) in [5, 5.41) is 5.33. The van der Waals surface area contributed by atoms with Gasteiger partial charge in [-0.1, -0.05) is 24.8 Å². The van der Waals surface area contributed by atoms with Gasteiger partial charge in [0.05, 0.1) is 59.2 Å². The molecule has 0 saturated carbocycles. The van der Waals surface area contributed by atoms with Crippen molar-refractivity contribution < 1.29 is 27.4 Å². The summed E-state index contributed by atoms with van der Waals surface area (Å²) in [7, 11) is 3.37. The van der Waals surface area contributed by atoms with E-state index in [4.69, 9.17) is 19.6 Å². The van der Waals surface area contributed by atoms with Crippen molar-refractivity contribution in [2.45, 2.75) is 19.5 Å². The highest BCUT2D eigenvalue weighted by atomic mass is 19.1. The molecule has 0 unspecified atom stereocenters. The third-order valence-electron chi connectivity index (χ3n) is 8.75. The number of carbonyl (C=O) groups is 1. The van der Waals surface area contributed by atoms with Crippen LogP contribution in [-0.2, 0) is 23.1 Å². The molecular formula is C36H31F3N6O3. The number of imidazole rings is 1. The summed E-state index contributed by atoms with van der Waals surface area (Å²) in [6.45, 7) is 6.49. The van der Waals surface area contributed by atoms with Crippen LogP contribution in [0.1, 0.15) is 18.7 Å². The van der Waals surface area contributed by atoms with E-state index in [1.807, 2.05) is 36.7 Å². The van der Waals surface area contributed by atoms with Crippen molar-refractivity contribution in [2.75, 3.05) is 26.9 Å². The molecule has 0 radical (unpaired) electrons. The number of aromatic nitrogens is 5. The van der Waals surface area contributed by atoms with E-state index >= 15 is 8.78 Å². The second-order valence-corrected chi connectivity index (χ2v) is 11.6. The van der Waals surface area contributed by atoms with Gasteiger partial charge in [-0.05, 0) is 42.7 Å². The van der Waals surface area contributed by atoms with E-state index in [2.05, 4.69) is 11.6 Å². The van der Waals surface area contributed by atoms with Crippen LogP contribution in [0.2, 0.25) is 0 Å². The van der Waals surface area contributed by atoms with Crippen LogP contribution in [-0.4, -0.2) is 62.0 Å². The van der Waals surface area contributed by atoms with Gasteiger partial charge in [0.25, 0.3) is 0 Å². The van der Waals surface area contributed by atoms with Gasteiger partial charge in [-0.3, -0.25) is 9.48 Å². The molecule has 0 N–H and O–H groups in total. The number of methoxy groups -OCH3 is 1. The van der Waals surface area contributed by atoms with E-state index in [1.54, 1.807) is 28.0 Å². The standard InChI is InChI=1S/C36H31F3N6O3/c1-5-31(46)44-11-12-45-29(20(44)2)18-27(42-45)36-33(34-25(39)16-22(37)17-30(34)48-14-13-47-4)23-7-6-8-24(38)32(23)35(41-36)21-9-10-28-26(15-21)40-19-43(28)3/h5-10,15-20H,1,11-14H2,2-4H3/t20-/m1/s1. The summed E-state index contributed by atoms with van der Waals surface area (Å²) < 4.78 is 61.5. The number of fused-ring (bicyclic) bond motifs is 3. The maximum absolute atomic E-state index is 16.1. The fourth-order valence-electron chi connectivity index (χ4n) is 6.43. The quantitative estimate of drug-likeness (QED) is 0.132. The third kappa shape index (κ3) is 5.18. The Morgan fingerprint density at radius 3 is 2.65 bits per heavy atom. The Labute approximate surface area is 273 Å². The number of amides is 1. The first-order valence-corrected chi connectivity index (χ1v) is 15.4. The number of nitrogens with zero attached hydrogens (tertiary/aromatic N) is 6. The van der Waals surface area contributed by atoms with Crippen LogP contribution >= 0.6 is 0 Å². The Bertz CT molecular complexity index is 2240. The molecule has 0 fully saturated rings. The van der Waals surface area contributed by atoms with Crippen LogP contribution in [0.15, 0.2) is 73.6 Å². The van der Waals surface area contributed by atoms with Crippen molar-refractivity contribution in [1.29, 1.82) is 0 Å². The van der Waals surface area contributed by atoms with Gasteiger partial charge in [0.15, 0.2) is 0 Å². The van der Waals surface area contributed by atoms with Crippen LogP contribution in [0.3, 0.4) is 0 Å². The Hall–Kier alpha value is -5.49. The molecule has 3 aromatic heterocycles. The first kappa shape index (κ1) is 31.1. The molecule has 0 saturated heterocycles. The molecular weight excluding hydrogens is 621 g/mol. The van der Waals surface area contributed by atoms with Crippen LogP contribution < -0.4 is 4.74 Å². The van der Waals surface area contributed by atoms with E-state index in [0.717, 1.165) is 23.3 Å². The molecule has 4 heterocycles. The Kier molecular flexibility index (Phi) is 7.96. The summed E-state index contributed by atoms with van der Waals surface area (Å²) in [5.41, 5.74) is 3.83. The number of halogens is 3. The highest BCUT2D eigenvalue weighted by molar-refractivity contribution is 6.09. The number of carbonyl (C=O) groups excluding carboxylic acids is 1. The molecule has 0 spiro atoms. The van der Waals surface area contributed by atoms with E-state index < -0.39 is 17.5 Å². The van der Waals surface area contributed by atoms with Crippen molar-refractivity contribution >= 4 is 27.7 Å². The van der Waals surface area contributed by atoms with Crippen molar-refractivity contribution in [3.05, 3.63) is 96.7 Å². The zero-order valence-electron chi connectivity index (χ0n) is 26.5. The number of hydrogen-bond donors (Lipinski definition) is 0. The first-order chi connectivity index (χ1) is 23.2. The lowest BCUT2D eigenvalue weighted by molar-refractivity contribution is -0.129. The SMILES string of the molecule is C=CC(=O)N1CCn2nc(-c3nc(-c4ccc5c(c4)ncn5C)c4c(F)cccc4c3-c3c(F)cc(F)cc3OCCOC)cc2[C@H]1C. The second-order valence-electron chi connectivity index (χ2n) is 11.6. The number of ether oxygens (including phenoxy) is 2. The van der Waals surface area contributed by atoms with E-state index in [0.29, 0.717) is 40.9 Å². The molecule has 1 amide bonds. The number of aryl methyl sites for hydroxylation is 1. The highest BCUT2D eigenvalue weighted by Gasteiger charge is 2.31. The number of rotatable bonds is 8. The van der Waals surface area contributed by atoms with Gasteiger partial charge in [-0.25, -0.2) is 23.1 Å². The van der Waals surface area contributed by atoms with Crippen molar-refractivity contribution in [3.8, 4) is 39.5 Å². The first-order valence-electron chi connectivity index (χ1n) is 15.4. The highest BCUT2D eigenvalue weighted by Crippen LogP contribution is 2.46. The van der Waals surface area contributed by atoms with E-state index in [1.165, 1.54) is 25.3 Å². The molecule has 1 aliphatic heterocycles. The minimum Gasteiger partial charge on any atom is -0.490 e. The molecule has 0 bridgehead atoms. The summed E-state index contributed by atoms with van der Waals surface area (Å²) >= 11 is 0. The lowest BCUT2D eigenvalue weighted by Crippen LogP contribution is -2.40. The maximum Gasteiger partial charge on any atom is 0.246 e.